The van der Waals surface area contributed by atoms with Crippen LogP contribution in [0.2, 0.25) is 0 Å². The maximum Gasteiger partial charge on any atom is 0.319 e. The van der Waals surface area contributed by atoms with Crippen molar-refractivity contribution in [1.82, 2.24) is 10.2 Å². The van der Waals surface area contributed by atoms with Gasteiger partial charge in [-0.05, 0) is 22.4 Å². The van der Waals surface area contributed by atoms with E-state index in [4.69, 9.17) is 18.9 Å². The summed E-state index contributed by atoms with van der Waals surface area (Å²) < 4.78 is 21.4. The number of rotatable bonds is 8. The third-order valence-corrected chi connectivity index (χ3v) is 5.49. The first-order valence-corrected chi connectivity index (χ1v) is 10.3. The van der Waals surface area contributed by atoms with Gasteiger partial charge in [0.2, 0.25) is 5.75 Å². The number of urea groups is 1. The molecule has 8 nitrogen and oxygen atoms in total. The van der Waals surface area contributed by atoms with E-state index in [1.54, 1.807) is 23.5 Å². The van der Waals surface area contributed by atoms with Crippen LogP contribution in [0.25, 0.3) is 0 Å². The summed E-state index contributed by atoms with van der Waals surface area (Å²) in [5.74, 6) is 1.43. The minimum atomic E-state index is -0.298. The van der Waals surface area contributed by atoms with E-state index in [9.17, 15) is 4.79 Å². The molecule has 1 aromatic heterocycles. The second-order valence-corrected chi connectivity index (χ2v) is 7.25. The van der Waals surface area contributed by atoms with Gasteiger partial charge < -0.3 is 29.6 Å². The molecule has 2 N–H and O–H groups in total. The molecule has 0 spiro atoms. The molecule has 158 valence electrons. The first-order valence-electron chi connectivity index (χ1n) is 9.35. The monoisotopic (exact) mass is 421 g/mol. The number of methoxy groups -OCH3 is 3. The van der Waals surface area contributed by atoms with Crippen molar-refractivity contribution in [2.24, 2.45) is 0 Å². The van der Waals surface area contributed by atoms with Gasteiger partial charge in [0.05, 0.1) is 46.3 Å². The Kier molecular flexibility index (Phi) is 7.56. The van der Waals surface area contributed by atoms with E-state index in [1.165, 1.54) is 26.9 Å². The lowest BCUT2D eigenvalue weighted by Gasteiger charge is -2.34. The summed E-state index contributed by atoms with van der Waals surface area (Å²) in [7, 11) is 4.61. The SMILES string of the molecule is COc1cc(NC(=O)NCC(c2ccsc2)N2CCOCC2)cc(OC)c1OC. The second kappa shape index (κ2) is 10.3. The van der Waals surface area contributed by atoms with Gasteiger partial charge in [-0.25, -0.2) is 4.79 Å². The minimum Gasteiger partial charge on any atom is -0.493 e. The van der Waals surface area contributed by atoms with Crippen molar-refractivity contribution in [2.45, 2.75) is 6.04 Å². The maximum absolute atomic E-state index is 12.5. The maximum atomic E-state index is 12.5. The lowest BCUT2D eigenvalue weighted by molar-refractivity contribution is 0.0168. The molecule has 1 aliphatic heterocycles. The average Bonchev–Trinajstić information content (AvgIpc) is 3.28. The fourth-order valence-corrected chi connectivity index (χ4v) is 4.04. The summed E-state index contributed by atoms with van der Waals surface area (Å²) in [4.78, 5) is 14.9. The van der Waals surface area contributed by atoms with E-state index in [1.807, 2.05) is 0 Å². The fraction of sp³-hybridized carbons (Fsp3) is 0.450. The van der Waals surface area contributed by atoms with Gasteiger partial charge in [-0.1, -0.05) is 0 Å². The molecule has 0 aliphatic carbocycles. The van der Waals surface area contributed by atoms with E-state index < -0.39 is 0 Å². The summed E-state index contributed by atoms with van der Waals surface area (Å²) in [5.41, 5.74) is 1.75. The topological polar surface area (TPSA) is 81.3 Å². The third-order valence-electron chi connectivity index (χ3n) is 4.79. The Morgan fingerprint density at radius 1 is 1.17 bits per heavy atom. The minimum absolute atomic E-state index is 0.107. The van der Waals surface area contributed by atoms with Crippen LogP contribution in [-0.4, -0.2) is 65.1 Å². The number of anilines is 1. The highest BCUT2D eigenvalue weighted by Gasteiger charge is 2.23. The van der Waals surface area contributed by atoms with Crippen molar-refractivity contribution in [3.8, 4) is 17.2 Å². The predicted octanol–water partition coefficient (Wildman–Crippen LogP) is 2.97. The molecule has 1 fully saturated rings. The van der Waals surface area contributed by atoms with Gasteiger partial charge in [0.1, 0.15) is 0 Å². The Balaban J connectivity index is 1.66. The Morgan fingerprint density at radius 3 is 2.41 bits per heavy atom. The van der Waals surface area contributed by atoms with Crippen molar-refractivity contribution < 1.29 is 23.7 Å². The zero-order chi connectivity index (χ0) is 20.6. The van der Waals surface area contributed by atoms with Crippen molar-refractivity contribution >= 4 is 23.1 Å². The Morgan fingerprint density at radius 2 is 1.86 bits per heavy atom. The number of hydrogen-bond acceptors (Lipinski definition) is 7. The van der Waals surface area contributed by atoms with Crippen molar-refractivity contribution in [1.29, 1.82) is 0 Å². The van der Waals surface area contributed by atoms with Gasteiger partial charge in [-0.15, -0.1) is 0 Å². The molecule has 9 heteroatoms. The Labute approximate surface area is 174 Å². The first-order chi connectivity index (χ1) is 14.2. The summed E-state index contributed by atoms with van der Waals surface area (Å²) >= 11 is 1.65. The van der Waals surface area contributed by atoms with Gasteiger partial charge in [0.15, 0.2) is 11.5 Å². The summed E-state index contributed by atoms with van der Waals surface area (Å²) in [6.07, 6.45) is 0. The molecule has 1 aromatic carbocycles. The third kappa shape index (κ3) is 5.31. The van der Waals surface area contributed by atoms with Crippen LogP contribution in [0.1, 0.15) is 11.6 Å². The van der Waals surface area contributed by atoms with Crippen molar-refractivity contribution in [2.75, 3.05) is 59.5 Å². The molecule has 2 heterocycles. The molecule has 1 aliphatic rings. The molecule has 0 bridgehead atoms. The molecule has 0 radical (unpaired) electrons. The van der Waals surface area contributed by atoms with Crippen LogP contribution in [0, 0.1) is 0 Å². The van der Waals surface area contributed by atoms with Crippen molar-refractivity contribution in [3.63, 3.8) is 0 Å². The van der Waals surface area contributed by atoms with Crippen LogP contribution in [0.15, 0.2) is 29.0 Å². The van der Waals surface area contributed by atoms with Crippen LogP contribution in [-0.2, 0) is 4.74 Å². The number of morpholine rings is 1. The predicted molar refractivity (Wildman–Crippen MR) is 113 cm³/mol. The van der Waals surface area contributed by atoms with Crippen LogP contribution in [0.5, 0.6) is 17.2 Å². The van der Waals surface area contributed by atoms with Gasteiger partial charge in [-0.3, -0.25) is 4.90 Å². The fourth-order valence-electron chi connectivity index (χ4n) is 3.33. The van der Waals surface area contributed by atoms with Crippen molar-refractivity contribution in [3.05, 3.63) is 34.5 Å². The van der Waals surface area contributed by atoms with Gasteiger partial charge >= 0.3 is 6.03 Å². The van der Waals surface area contributed by atoms with Gasteiger partial charge in [0, 0.05) is 31.8 Å². The quantitative estimate of drug-likeness (QED) is 0.682. The van der Waals surface area contributed by atoms with E-state index in [0.717, 1.165) is 13.1 Å². The largest absolute Gasteiger partial charge is 0.493 e. The number of nitrogens with one attached hydrogen (secondary N) is 2. The molecule has 2 amide bonds. The van der Waals surface area contributed by atoms with E-state index >= 15 is 0 Å². The summed E-state index contributed by atoms with van der Waals surface area (Å²) in [5, 5.41) is 10.00. The van der Waals surface area contributed by atoms with Gasteiger partial charge in [0.25, 0.3) is 0 Å². The van der Waals surface area contributed by atoms with Gasteiger partial charge in [-0.2, -0.15) is 11.3 Å². The van der Waals surface area contributed by atoms with E-state index in [-0.39, 0.29) is 12.1 Å². The lowest BCUT2D eigenvalue weighted by atomic mass is 10.1. The normalized spacial score (nSPS) is 15.4. The summed E-state index contributed by atoms with van der Waals surface area (Å²) in [6.45, 7) is 3.59. The smallest absolute Gasteiger partial charge is 0.319 e. The first kappa shape index (κ1) is 21.2. The van der Waals surface area contributed by atoms with Crippen LogP contribution < -0.4 is 24.8 Å². The molecule has 1 saturated heterocycles. The van der Waals surface area contributed by atoms with E-state index in [0.29, 0.717) is 42.7 Å². The number of carbonyl (C=O) groups excluding carboxylic acids is 1. The Bertz CT molecular complexity index is 768. The molecule has 2 aromatic rings. The number of amides is 2. The second-order valence-electron chi connectivity index (χ2n) is 6.47. The average molecular weight is 422 g/mol. The zero-order valence-corrected chi connectivity index (χ0v) is 17.7. The summed E-state index contributed by atoms with van der Waals surface area (Å²) in [6, 6.07) is 5.30. The molecule has 0 saturated carbocycles. The highest BCUT2D eigenvalue weighted by molar-refractivity contribution is 7.07. The van der Waals surface area contributed by atoms with Crippen LogP contribution >= 0.6 is 11.3 Å². The Hall–Kier alpha value is -2.49. The number of carbonyl (C=O) groups is 1. The number of hydrogen-bond donors (Lipinski definition) is 2. The molecule has 1 unspecified atom stereocenters. The number of benzene rings is 1. The number of thiophene rings is 1. The van der Waals surface area contributed by atoms with Crippen LogP contribution in [0.4, 0.5) is 10.5 Å². The number of ether oxygens (including phenoxy) is 4. The highest BCUT2D eigenvalue weighted by atomic mass is 32.1. The zero-order valence-electron chi connectivity index (χ0n) is 16.9. The van der Waals surface area contributed by atoms with Crippen LogP contribution in [0.3, 0.4) is 0 Å². The molecule has 29 heavy (non-hydrogen) atoms. The molecule has 1 atom stereocenters. The molecule has 3 rings (SSSR count). The number of nitrogens with zero attached hydrogens (tertiary/aromatic N) is 1. The highest BCUT2D eigenvalue weighted by Crippen LogP contribution is 2.39. The van der Waals surface area contributed by atoms with E-state index in [2.05, 4.69) is 32.4 Å². The molecular weight excluding hydrogens is 394 g/mol. The standard InChI is InChI=1S/C20H27N3O5S/c1-25-17-10-15(11-18(26-2)19(17)27-3)22-20(24)21-12-16(14-4-9-29-13-14)23-5-7-28-8-6-23/h4,9-11,13,16H,5-8,12H2,1-3H3,(H2,21,22,24). The lowest BCUT2D eigenvalue weighted by Crippen LogP contribution is -2.44. The molecular formula is C20H27N3O5S.